The second-order valence-electron chi connectivity index (χ2n) is 8.80. The quantitative estimate of drug-likeness (QED) is 0.526. The molecule has 3 aromatic rings. The minimum absolute atomic E-state index is 0.102. The van der Waals surface area contributed by atoms with Gasteiger partial charge in [-0.15, -0.1) is 10.2 Å². The largest absolute Gasteiger partial charge is 0.338 e. The number of fused-ring (bicyclic) bond motifs is 3. The van der Waals surface area contributed by atoms with Gasteiger partial charge in [0.15, 0.2) is 6.04 Å². The van der Waals surface area contributed by atoms with Gasteiger partial charge in [-0.2, -0.15) is 19.7 Å². The van der Waals surface area contributed by atoms with Crippen LogP contribution in [-0.2, 0) is 4.79 Å². The number of rotatable bonds is 5. The van der Waals surface area contributed by atoms with Crippen molar-refractivity contribution in [3.8, 4) is 0 Å². The molecule has 0 N–H and O–H groups in total. The van der Waals surface area contributed by atoms with Gasteiger partial charge in [0.25, 0.3) is 11.8 Å². The number of hydrogen-bond acceptors (Lipinski definition) is 9. The summed E-state index contributed by atoms with van der Waals surface area (Å²) in [6.07, 6.45) is 0. The Morgan fingerprint density at radius 1 is 1.18 bits per heavy atom. The third-order valence-corrected chi connectivity index (χ3v) is 6.36. The van der Waals surface area contributed by atoms with E-state index < -0.39 is 6.04 Å². The highest BCUT2D eigenvalue weighted by atomic mass is 32.1. The molecule has 1 atom stereocenters. The summed E-state index contributed by atoms with van der Waals surface area (Å²) in [5.41, 5.74) is 2.63. The summed E-state index contributed by atoms with van der Waals surface area (Å²) in [5, 5.41) is 23.6. The van der Waals surface area contributed by atoms with Crippen LogP contribution >= 0.6 is 11.5 Å². The van der Waals surface area contributed by atoms with Crippen LogP contribution in [0.15, 0.2) is 33.5 Å². The Morgan fingerprint density at radius 3 is 2.58 bits per heavy atom. The van der Waals surface area contributed by atoms with Crippen LogP contribution < -0.4 is 0 Å². The summed E-state index contributed by atoms with van der Waals surface area (Å²) in [6, 6.07) is 4.59. The highest BCUT2D eigenvalue weighted by molar-refractivity contribution is 7.09. The van der Waals surface area contributed by atoms with Crippen molar-refractivity contribution in [2.45, 2.75) is 40.7 Å². The summed E-state index contributed by atoms with van der Waals surface area (Å²) in [4.78, 5) is 27.6. The molecule has 2 amide bonds. The Morgan fingerprint density at radius 2 is 1.91 bits per heavy atom. The van der Waals surface area contributed by atoms with Gasteiger partial charge in [0.2, 0.25) is 0 Å². The number of nitrogens with zero attached hydrogens (tertiary/aromatic N) is 8. The third kappa shape index (κ3) is 4.08. The number of amides is 2. The Bertz CT molecular complexity index is 1300. The first-order valence-electron chi connectivity index (χ1n) is 10.8. The first-order valence-corrected chi connectivity index (χ1v) is 11.6. The number of hydrogen-bond donors (Lipinski definition) is 0. The highest BCUT2D eigenvalue weighted by Gasteiger charge is 2.40. The summed E-state index contributed by atoms with van der Waals surface area (Å²) in [6.45, 7) is 11.1. The average molecular weight is 467 g/mol. The number of likely N-dealkylation sites (N-methyl/N-ethyl adjacent to an activating group) is 1. The lowest BCUT2D eigenvalue weighted by atomic mass is 9.86. The van der Waals surface area contributed by atoms with E-state index in [1.165, 1.54) is 5.01 Å². The number of aromatic nitrogens is 3. The molecule has 1 unspecified atom stereocenters. The Hall–Kier alpha value is -3.34. The van der Waals surface area contributed by atoms with Crippen molar-refractivity contribution >= 4 is 56.7 Å². The van der Waals surface area contributed by atoms with Crippen LogP contribution in [0.1, 0.15) is 44.3 Å². The lowest BCUT2D eigenvalue weighted by molar-refractivity contribution is -0.128. The van der Waals surface area contributed by atoms with E-state index in [1.807, 2.05) is 34.6 Å². The number of azo groups is 1. The van der Waals surface area contributed by atoms with E-state index in [4.69, 9.17) is 0 Å². The monoisotopic (exact) mass is 466 g/mol. The molecule has 0 aliphatic carbocycles. The zero-order chi connectivity index (χ0) is 23.9. The van der Waals surface area contributed by atoms with Gasteiger partial charge in [-0.25, -0.2) is 5.01 Å². The molecule has 172 valence electrons. The fourth-order valence-electron chi connectivity index (χ4n) is 3.66. The maximum absolute atomic E-state index is 12.9. The zero-order valence-electron chi connectivity index (χ0n) is 19.5. The van der Waals surface area contributed by atoms with Crippen molar-refractivity contribution in [1.29, 1.82) is 0 Å². The van der Waals surface area contributed by atoms with Crippen LogP contribution in [0.2, 0.25) is 0 Å². The fraction of sp³-hybridized carbons (Fsp3) is 0.455. The molecule has 2 aromatic heterocycles. The molecule has 3 heterocycles. The smallest absolute Gasteiger partial charge is 0.275 e. The minimum atomic E-state index is -0.751. The Balaban J connectivity index is 1.72. The average Bonchev–Trinajstić information content (AvgIpc) is 3.34. The number of carbonyl (C=O) groups is 2. The lowest BCUT2D eigenvalue weighted by Crippen LogP contribution is -2.34. The van der Waals surface area contributed by atoms with Gasteiger partial charge in [0, 0.05) is 30.9 Å². The summed E-state index contributed by atoms with van der Waals surface area (Å²) >= 11 is 1.12. The van der Waals surface area contributed by atoms with Gasteiger partial charge in [0.05, 0.1) is 16.9 Å². The predicted octanol–water partition coefficient (Wildman–Crippen LogP) is 4.05. The van der Waals surface area contributed by atoms with Gasteiger partial charge >= 0.3 is 0 Å². The number of carbonyl (C=O) groups excluding carboxylic acids is 2. The van der Waals surface area contributed by atoms with Gasteiger partial charge < -0.3 is 4.90 Å². The molecule has 11 heteroatoms. The lowest BCUT2D eigenvalue weighted by Gasteiger charge is -2.19. The molecule has 0 spiro atoms. The van der Waals surface area contributed by atoms with Crippen LogP contribution in [0.3, 0.4) is 0 Å². The zero-order valence-corrected chi connectivity index (χ0v) is 20.3. The minimum Gasteiger partial charge on any atom is -0.338 e. The van der Waals surface area contributed by atoms with Crippen molar-refractivity contribution < 1.29 is 9.59 Å². The van der Waals surface area contributed by atoms with E-state index in [-0.39, 0.29) is 17.2 Å². The Kier molecular flexibility index (Phi) is 5.91. The molecule has 0 saturated carbocycles. The SMILES string of the molecule is CCN(CC)C(=O)c1snc2c1nnc1ccc(N=NC3C(=O)N(C)N=C3C(C)(C)C)cc12. The number of hydrazone groups is 1. The first-order chi connectivity index (χ1) is 15.7. The molecule has 4 rings (SSSR count). The summed E-state index contributed by atoms with van der Waals surface area (Å²) in [5.74, 6) is -0.313. The van der Waals surface area contributed by atoms with Crippen LogP contribution in [0.25, 0.3) is 21.9 Å². The van der Waals surface area contributed by atoms with E-state index in [1.54, 1.807) is 30.1 Å². The molecular weight excluding hydrogens is 440 g/mol. The molecular formula is C22H26N8O2S. The predicted molar refractivity (Wildman–Crippen MR) is 128 cm³/mol. The van der Waals surface area contributed by atoms with E-state index >= 15 is 0 Å². The van der Waals surface area contributed by atoms with E-state index in [9.17, 15) is 9.59 Å². The maximum Gasteiger partial charge on any atom is 0.275 e. The molecule has 0 bridgehead atoms. The standard InChI is InChI=1S/C22H26N8O2S/c1-7-30(8-2)21(32)18-16-15(28-33-18)13-11-12(9-10-14(13)24-25-16)23-26-17-19(22(3,4)5)27-29(6)20(17)31/h9-11,17H,7-8H2,1-6H3. The Labute approximate surface area is 195 Å². The van der Waals surface area contributed by atoms with Crippen LogP contribution in [-0.4, -0.2) is 68.2 Å². The van der Waals surface area contributed by atoms with E-state index in [0.29, 0.717) is 45.9 Å². The molecule has 33 heavy (non-hydrogen) atoms. The summed E-state index contributed by atoms with van der Waals surface area (Å²) in [7, 11) is 1.62. The molecule has 0 saturated heterocycles. The maximum atomic E-state index is 12.9. The van der Waals surface area contributed by atoms with E-state index in [0.717, 1.165) is 16.9 Å². The second kappa shape index (κ2) is 8.54. The van der Waals surface area contributed by atoms with Crippen molar-refractivity contribution in [1.82, 2.24) is 24.5 Å². The van der Waals surface area contributed by atoms with Crippen molar-refractivity contribution in [3.63, 3.8) is 0 Å². The van der Waals surface area contributed by atoms with Crippen molar-refractivity contribution in [2.24, 2.45) is 20.7 Å². The van der Waals surface area contributed by atoms with Gasteiger partial charge in [0.1, 0.15) is 15.9 Å². The van der Waals surface area contributed by atoms with E-state index in [2.05, 4.69) is 29.9 Å². The summed E-state index contributed by atoms with van der Waals surface area (Å²) < 4.78 is 4.50. The second-order valence-corrected chi connectivity index (χ2v) is 9.58. The molecule has 0 fully saturated rings. The molecule has 10 nitrogen and oxygen atoms in total. The third-order valence-electron chi connectivity index (χ3n) is 5.53. The highest BCUT2D eigenvalue weighted by Crippen LogP contribution is 2.31. The number of benzene rings is 1. The van der Waals surface area contributed by atoms with Crippen LogP contribution in [0.5, 0.6) is 0 Å². The van der Waals surface area contributed by atoms with Crippen LogP contribution in [0.4, 0.5) is 5.69 Å². The van der Waals surface area contributed by atoms with Gasteiger partial charge in [-0.1, -0.05) is 20.8 Å². The first kappa shape index (κ1) is 22.8. The van der Waals surface area contributed by atoms with Crippen LogP contribution in [0, 0.1) is 5.41 Å². The van der Waals surface area contributed by atoms with Gasteiger partial charge in [-0.05, 0) is 43.6 Å². The van der Waals surface area contributed by atoms with Crippen molar-refractivity contribution in [3.05, 3.63) is 23.1 Å². The molecule has 1 aliphatic heterocycles. The molecule has 0 radical (unpaired) electrons. The molecule has 1 aliphatic rings. The van der Waals surface area contributed by atoms with Gasteiger partial charge in [-0.3, -0.25) is 9.59 Å². The fourth-order valence-corrected chi connectivity index (χ4v) is 4.46. The molecule has 1 aromatic carbocycles. The van der Waals surface area contributed by atoms with Crippen molar-refractivity contribution in [2.75, 3.05) is 20.1 Å². The topological polar surface area (TPSA) is 116 Å². The normalized spacial score (nSPS) is 16.9.